The van der Waals surface area contributed by atoms with Crippen LogP contribution in [0.15, 0.2) is 23.1 Å². The standard InChI is InChI=1S/C9H9N3O5S/c1-17-7-2-3-9(8(6-7)12(13)14)18(15,16)11-5-4-10/h2-3,6,11H,5H2,1H3. The maximum absolute atomic E-state index is 11.7. The van der Waals surface area contributed by atoms with E-state index in [0.29, 0.717) is 0 Å². The fourth-order valence-electron chi connectivity index (χ4n) is 1.20. The van der Waals surface area contributed by atoms with Gasteiger partial charge in [-0.1, -0.05) is 0 Å². The summed E-state index contributed by atoms with van der Waals surface area (Å²) in [5, 5.41) is 19.1. The number of hydrogen-bond acceptors (Lipinski definition) is 6. The lowest BCUT2D eigenvalue weighted by molar-refractivity contribution is -0.387. The molecule has 0 unspecified atom stereocenters. The summed E-state index contributed by atoms with van der Waals surface area (Å²) in [6, 6.07) is 4.92. The summed E-state index contributed by atoms with van der Waals surface area (Å²) < 4.78 is 30.1. The summed E-state index contributed by atoms with van der Waals surface area (Å²) in [7, 11) is -2.79. The number of nitro groups is 1. The number of nitrogens with one attached hydrogen (secondary N) is 1. The summed E-state index contributed by atoms with van der Waals surface area (Å²) in [6.45, 7) is -0.467. The first-order valence-electron chi connectivity index (χ1n) is 4.61. The molecule has 0 aliphatic carbocycles. The van der Waals surface area contributed by atoms with E-state index in [0.717, 1.165) is 12.1 Å². The summed E-state index contributed by atoms with van der Waals surface area (Å²) >= 11 is 0. The van der Waals surface area contributed by atoms with Gasteiger partial charge in [0.15, 0.2) is 4.90 Å². The molecule has 0 aromatic heterocycles. The molecule has 1 aromatic rings. The predicted molar refractivity (Wildman–Crippen MR) is 60.4 cm³/mol. The maximum atomic E-state index is 11.7. The van der Waals surface area contributed by atoms with Crippen molar-refractivity contribution in [1.82, 2.24) is 4.72 Å². The first-order chi connectivity index (χ1) is 8.42. The number of methoxy groups -OCH3 is 1. The molecule has 1 N–H and O–H groups in total. The zero-order chi connectivity index (χ0) is 13.8. The van der Waals surface area contributed by atoms with Gasteiger partial charge in [-0.05, 0) is 12.1 Å². The Morgan fingerprint density at radius 1 is 1.56 bits per heavy atom. The minimum Gasteiger partial charge on any atom is -0.497 e. The second kappa shape index (κ2) is 5.44. The third kappa shape index (κ3) is 2.93. The van der Waals surface area contributed by atoms with E-state index in [9.17, 15) is 18.5 Å². The number of sulfonamides is 1. The second-order valence-corrected chi connectivity index (χ2v) is 4.81. The number of hydrogen-bond donors (Lipinski definition) is 1. The van der Waals surface area contributed by atoms with Crippen LogP contribution in [0.3, 0.4) is 0 Å². The highest BCUT2D eigenvalue weighted by Gasteiger charge is 2.26. The van der Waals surface area contributed by atoms with E-state index in [1.807, 2.05) is 4.72 Å². The second-order valence-electron chi connectivity index (χ2n) is 3.07. The molecule has 9 heteroatoms. The van der Waals surface area contributed by atoms with Gasteiger partial charge in [-0.3, -0.25) is 10.1 Å². The quantitative estimate of drug-likeness (QED) is 0.470. The summed E-state index contributed by atoms with van der Waals surface area (Å²) in [4.78, 5) is 9.46. The van der Waals surface area contributed by atoms with E-state index in [2.05, 4.69) is 0 Å². The zero-order valence-electron chi connectivity index (χ0n) is 9.28. The molecule has 0 spiro atoms. The van der Waals surface area contributed by atoms with Gasteiger partial charge in [0.2, 0.25) is 10.0 Å². The third-order valence-electron chi connectivity index (χ3n) is 1.99. The Morgan fingerprint density at radius 3 is 2.72 bits per heavy atom. The van der Waals surface area contributed by atoms with Crippen molar-refractivity contribution in [2.75, 3.05) is 13.7 Å². The van der Waals surface area contributed by atoms with E-state index in [4.69, 9.17) is 10.00 Å². The van der Waals surface area contributed by atoms with Gasteiger partial charge >= 0.3 is 0 Å². The Labute approximate surface area is 103 Å². The molecule has 0 heterocycles. The van der Waals surface area contributed by atoms with Crippen molar-refractivity contribution in [2.45, 2.75) is 4.90 Å². The van der Waals surface area contributed by atoms with Gasteiger partial charge in [0.25, 0.3) is 5.69 Å². The van der Waals surface area contributed by atoms with Gasteiger partial charge in [0.05, 0.1) is 30.7 Å². The molecule has 0 aliphatic heterocycles. The topological polar surface area (TPSA) is 122 Å². The van der Waals surface area contributed by atoms with Crippen LogP contribution in [0, 0.1) is 21.4 Å². The Hall–Kier alpha value is -2.18. The fourth-order valence-corrected chi connectivity index (χ4v) is 2.27. The monoisotopic (exact) mass is 271 g/mol. The van der Waals surface area contributed by atoms with Crippen molar-refractivity contribution in [2.24, 2.45) is 0 Å². The summed E-state index contributed by atoms with van der Waals surface area (Å²) in [5.74, 6) is 0.168. The molecule has 0 amide bonds. The van der Waals surface area contributed by atoms with Crippen LogP contribution in [0.4, 0.5) is 5.69 Å². The van der Waals surface area contributed by atoms with Crippen LogP contribution in [-0.4, -0.2) is 27.0 Å². The van der Waals surface area contributed by atoms with Crippen molar-refractivity contribution in [3.8, 4) is 11.8 Å². The molecule has 8 nitrogen and oxygen atoms in total. The largest absolute Gasteiger partial charge is 0.497 e. The van der Waals surface area contributed by atoms with E-state index in [-0.39, 0.29) is 5.75 Å². The van der Waals surface area contributed by atoms with Crippen molar-refractivity contribution in [1.29, 1.82) is 5.26 Å². The smallest absolute Gasteiger partial charge is 0.293 e. The molecule has 0 atom stereocenters. The SMILES string of the molecule is COc1ccc(S(=O)(=O)NCC#N)c([N+](=O)[O-])c1. The van der Waals surface area contributed by atoms with Gasteiger partial charge in [-0.25, -0.2) is 8.42 Å². The lowest BCUT2D eigenvalue weighted by Gasteiger charge is -2.06. The minimum absolute atomic E-state index is 0.168. The van der Waals surface area contributed by atoms with E-state index >= 15 is 0 Å². The minimum atomic E-state index is -4.09. The Kier molecular flexibility index (Phi) is 4.19. The molecular formula is C9H9N3O5S. The average molecular weight is 271 g/mol. The maximum Gasteiger partial charge on any atom is 0.293 e. The molecule has 0 saturated carbocycles. The summed E-state index contributed by atoms with van der Waals surface area (Å²) in [5.41, 5.74) is -0.611. The Bertz CT molecular complexity index is 605. The number of nitro benzene ring substituents is 1. The Morgan fingerprint density at radius 2 is 2.22 bits per heavy atom. The predicted octanol–water partition coefficient (Wildman–Crippen LogP) is 0.405. The van der Waals surface area contributed by atoms with Gasteiger partial charge < -0.3 is 4.74 Å². The number of nitriles is 1. The summed E-state index contributed by atoms with van der Waals surface area (Å²) in [6.07, 6.45) is 0. The molecule has 0 fully saturated rings. The van der Waals surface area contributed by atoms with Gasteiger partial charge in [-0.15, -0.1) is 0 Å². The van der Waals surface area contributed by atoms with Crippen LogP contribution >= 0.6 is 0 Å². The number of nitrogens with zero attached hydrogens (tertiary/aromatic N) is 2. The first-order valence-corrected chi connectivity index (χ1v) is 6.09. The first kappa shape index (κ1) is 13.9. The van der Waals surface area contributed by atoms with E-state index in [1.165, 1.54) is 13.2 Å². The normalized spacial score (nSPS) is 10.7. The van der Waals surface area contributed by atoms with Crippen molar-refractivity contribution < 1.29 is 18.1 Å². The van der Waals surface area contributed by atoms with Crippen molar-refractivity contribution in [3.05, 3.63) is 28.3 Å². The lowest BCUT2D eigenvalue weighted by Crippen LogP contribution is -2.24. The zero-order valence-corrected chi connectivity index (χ0v) is 10.1. The molecule has 1 rings (SSSR count). The van der Waals surface area contributed by atoms with Crippen LogP contribution in [0.2, 0.25) is 0 Å². The average Bonchev–Trinajstić information content (AvgIpc) is 2.35. The van der Waals surface area contributed by atoms with Crippen molar-refractivity contribution in [3.63, 3.8) is 0 Å². The van der Waals surface area contributed by atoms with Crippen LogP contribution in [-0.2, 0) is 10.0 Å². The fraction of sp³-hybridized carbons (Fsp3) is 0.222. The molecular weight excluding hydrogens is 262 g/mol. The van der Waals surface area contributed by atoms with Crippen LogP contribution in [0.5, 0.6) is 5.75 Å². The highest BCUT2D eigenvalue weighted by molar-refractivity contribution is 7.89. The molecule has 0 bridgehead atoms. The van der Waals surface area contributed by atoms with E-state index < -0.39 is 32.1 Å². The highest BCUT2D eigenvalue weighted by Crippen LogP contribution is 2.27. The third-order valence-corrected chi connectivity index (χ3v) is 3.44. The van der Waals surface area contributed by atoms with Gasteiger partial charge in [-0.2, -0.15) is 9.98 Å². The van der Waals surface area contributed by atoms with Crippen LogP contribution < -0.4 is 9.46 Å². The van der Waals surface area contributed by atoms with Gasteiger partial charge in [0.1, 0.15) is 5.75 Å². The number of benzene rings is 1. The number of rotatable bonds is 5. The van der Waals surface area contributed by atoms with E-state index in [1.54, 1.807) is 6.07 Å². The molecule has 1 aromatic carbocycles. The molecule has 0 saturated heterocycles. The molecule has 0 aliphatic rings. The number of ether oxygens (including phenoxy) is 1. The molecule has 96 valence electrons. The molecule has 18 heavy (non-hydrogen) atoms. The lowest BCUT2D eigenvalue weighted by atomic mass is 10.3. The van der Waals surface area contributed by atoms with Crippen LogP contribution in [0.25, 0.3) is 0 Å². The highest BCUT2D eigenvalue weighted by atomic mass is 32.2. The van der Waals surface area contributed by atoms with Gasteiger partial charge in [0, 0.05) is 0 Å². The Balaban J connectivity index is 3.33. The van der Waals surface area contributed by atoms with Crippen LogP contribution in [0.1, 0.15) is 0 Å². The molecule has 0 radical (unpaired) electrons. The van der Waals surface area contributed by atoms with Crippen molar-refractivity contribution >= 4 is 15.7 Å².